The van der Waals surface area contributed by atoms with Gasteiger partial charge in [0.2, 0.25) is 5.78 Å². The smallest absolute Gasteiger partial charge is 0.263 e. The molecule has 0 saturated heterocycles. The molecular formula is C14H16N4OS2. The minimum Gasteiger partial charge on any atom is -0.279 e. The average Bonchev–Trinajstić information content (AvgIpc) is 3.06. The van der Waals surface area contributed by atoms with Crippen LogP contribution in [0.1, 0.15) is 30.2 Å². The minimum atomic E-state index is 0.0670. The summed E-state index contributed by atoms with van der Waals surface area (Å²) < 4.78 is 3.70. The first-order valence-electron chi connectivity index (χ1n) is 7.23. The molecule has 0 radical (unpaired) electrons. The molecule has 1 aliphatic carbocycles. The molecule has 0 spiro atoms. The molecule has 0 amide bonds. The summed E-state index contributed by atoms with van der Waals surface area (Å²) in [5, 5.41) is 10.3. The number of hydrogen-bond acceptors (Lipinski definition) is 5. The molecule has 110 valence electrons. The molecular weight excluding hydrogens is 304 g/mol. The number of hydrogen-bond donors (Lipinski definition) is 0. The Balaban J connectivity index is 2.19. The standard InChI is InChI=1S/C14H16N4OS2/c1-3-20-14-16-15-13-17(2)11(19)10-8-6-4-5-7-9(8)21-12(10)18(13)14/h3-7H2,1-2H3. The zero-order valence-corrected chi connectivity index (χ0v) is 13.7. The molecule has 0 fully saturated rings. The van der Waals surface area contributed by atoms with E-state index in [2.05, 4.69) is 21.5 Å². The highest BCUT2D eigenvalue weighted by atomic mass is 32.2. The van der Waals surface area contributed by atoms with Crippen LogP contribution in [0.5, 0.6) is 0 Å². The Labute approximate surface area is 130 Å². The van der Waals surface area contributed by atoms with E-state index in [4.69, 9.17) is 0 Å². The van der Waals surface area contributed by atoms with E-state index in [0.29, 0.717) is 5.78 Å². The third kappa shape index (κ3) is 1.80. The van der Waals surface area contributed by atoms with Crippen LogP contribution in [0.3, 0.4) is 0 Å². The van der Waals surface area contributed by atoms with Gasteiger partial charge in [-0.05, 0) is 37.0 Å². The fraction of sp³-hybridized carbons (Fsp3) is 0.500. The van der Waals surface area contributed by atoms with Crippen LogP contribution >= 0.6 is 23.1 Å². The van der Waals surface area contributed by atoms with Crippen molar-refractivity contribution >= 4 is 39.1 Å². The Hall–Kier alpha value is -1.34. The molecule has 0 unspecified atom stereocenters. The van der Waals surface area contributed by atoms with Crippen LogP contribution in [0.4, 0.5) is 0 Å². The van der Waals surface area contributed by atoms with Gasteiger partial charge in [0.1, 0.15) is 4.83 Å². The zero-order valence-electron chi connectivity index (χ0n) is 12.0. The first-order chi connectivity index (χ1) is 10.2. The monoisotopic (exact) mass is 320 g/mol. The van der Waals surface area contributed by atoms with Crippen molar-refractivity contribution in [3.63, 3.8) is 0 Å². The molecule has 3 aromatic heterocycles. The molecule has 21 heavy (non-hydrogen) atoms. The molecule has 3 aromatic rings. The Morgan fingerprint density at radius 1 is 1.29 bits per heavy atom. The predicted molar refractivity (Wildman–Crippen MR) is 86.7 cm³/mol. The van der Waals surface area contributed by atoms with Crippen LogP contribution in [-0.2, 0) is 19.9 Å². The van der Waals surface area contributed by atoms with Gasteiger partial charge in [0.15, 0.2) is 5.16 Å². The van der Waals surface area contributed by atoms with Crippen LogP contribution in [0.15, 0.2) is 9.95 Å². The molecule has 7 heteroatoms. The molecule has 0 aliphatic heterocycles. The number of aromatic nitrogens is 4. The van der Waals surface area contributed by atoms with E-state index < -0.39 is 0 Å². The van der Waals surface area contributed by atoms with Crippen molar-refractivity contribution in [1.82, 2.24) is 19.2 Å². The average molecular weight is 320 g/mol. The lowest BCUT2D eigenvalue weighted by Crippen LogP contribution is -2.20. The molecule has 1 aliphatic rings. The first-order valence-corrected chi connectivity index (χ1v) is 9.03. The van der Waals surface area contributed by atoms with Gasteiger partial charge in [-0.25, -0.2) is 4.40 Å². The summed E-state index contributed by atoms with van der Waals surface area (Å²) in [6.07, 6.45) is 4.52. The summed E-state index contributed by atoms with van der Waals surface area (Å²) in [6.45, 7) is 2.10. The molecule has 4 rings (SSSR count). The van der Waals surface area contributed by atoms with E-state index in [1.165, 1.54) is 23.3 Å². The first kappa shape index (κ1) is 13.3. The third-order valence-corrected chi connectivity index (χ3v) is 6.15. The summed E-state index contributed by atoms with van der Waals surface area (Å²) in [5.74, 6) is 1.58. The molecule has 0 saturated carbocycles. The van der Waals surface area contributed by atoms with E-state index in [1.54, 1.807) is 34.7 Å². The summed E-state index contributed by atoms with van der Waals surface area (Å²) in [4.78, 5) is 15.1. The van der Waals surface area contributed by atoms with E-state index >= 15 is 0 Å². The topological polar surface area (TPSA) is 52.2 Å². The van der Waals surface area contributed by atoms with E-state index in [1.807, 2.05) is 0 Å². The number of fused-ring (bicyclic) bond motifs is 5. The molecule has 0 bridgehead atoms. The highest BCUT2D eigenvalue weighted by Gasteiger charge is 2.23. The van der Waals surface area contributed by atoms with Crippen molar-refractivity contribution in [2.75, 3.05) is 5.75 Å². The van der Waals surface area contributed by atoms with Gasteiger partial charge in [-0.3, -0.25) is 9.36 Å². The lowest BCUT2D eigenvalue weighted by molar-refractivity contribution is 0.699. The van der Waals surface area contributed by atoms with Gasteiger partial charge >= 0.3 is 0 Å². The van der Waals surface area contributed by atoms with Crippen molar-refractivity contribution in [2.24, 2.45) is 7.05 Å². The van der Waals surface area contributed by atoms with E-state index in [9.17, 15) is 4.79 Å². The maximum Gasteiger partial charge on any atom is 0.263 e. The summed E-state index contributed by atoms with van der Waals surface area (Å²) >= 11 is 3.42. The van der Waals surface area contributed by atoms with Gasteiger partial charge in [-0.15, -0.1) is 21.5 Å². The fourth-order valence-electron chi connectivity index (χ4n) is 3.07. The Morgan fingerprint density at radius 3 is 2.90 bits per heavy atom. The fourth-order valence-corrected chi connectivity index (χ4v) is 5.16. The van der Waals surface area contributed by atoms with Crippen molar-refractivity contribution in [2.45, 2.75) is 37.8 Å². The van der Waals surface area contributed by atoms with Gasteiger partial charge in [0.25, 0.3) is 5.56 Å². The van der Waals surface area contributed by atoms with Gasteiger partial charge < -0.3 is 0 Å². The number of nitrogens with zero attached hydrogens (tertiary/aromatic N) is 4. The Bertz CT molecular complexity index is 905. The second-order valence-electron chi connectivity index (χ2n) is 5.31. The largest absolute Gasteiger partial charge is 0.279 e. The van der Waals surface area contributed by atoms with Crippen LogP contribution < -0.4 is 5.56 Å². The predicted octanol–water partition coefficient (Wildman–Crippen LogP) is 2.63. The maximum absolute atomic E-state index is 12.7. The third-order valence-electron chi connectivity index (χ3n) is 4.06. The molecule has 0 atom stereocenters. The van der Waals surface area contributed by atoms with Crippen LogP contribution in [0.2, 0.25) is 0 Å². The highest BCUT2D eigenvalue weighted by Crippen LogP contribution is 2.35. The van der Waals surface area contributed by atoms with Gasteiger partial charge in [-0.2, -0.15) is 0 Å². The molecule has 0 aromatic carbocycles. The van der Waals surface area contributed by atoms with E-state index in [-0.39, 0.29) is 5.56 Å². The van der Waals surface area contributed by atoms with E-state index in [0.717, 1.165) is 34.0 Å². The maximum atomic E-state index is 12.7. The van der Waals surface area contributed by atoms with Crippen molar-refractivity contribution < 1.29 is 0 Å². The van der Waals surface area contributed by atoms with Crippen LogP contribution in [-0.4, -0.2) is 24.9 Å². The normalized spacial score (nSPS) is 15.0. The molecule has 3 heterocycles. The van der Waals surface area contributed by atoms with Crippen molar-refractivity contribution in [3.8, 4) is 0 Å². The lowest BCUT2D eigenvalue weighted by Gasteiger charge is -2.10. The van der Waals surface area contributed by atoms with Gasteiger partial charge in [-0.1, -0.05) is 18.7 Å². The number of thiophene rings is 1. The molecule has 0 N–H and O–H groups in total. The quantitative estimate of drug-likeness (QED) is 0.681. The summed E-state index contributed by atoms with van der Waals surface area (Å²) in [7, 11) is 1.79. The van der Waals surface area contributed by atoms with Crippen molar-refractivity contribution in [1.29, 1.82) is 0 Å². The minimum absolute atomic E-state index is 0.0670. The van der Waals surface area contributed by atoms with Crippen LogP contribution in [0, 0.1) is 0 Å². The van der Waals surface area contributed by atoms with Crippen LogP contribution in [0.25, 0.3) is 16.0 Å². The zero-order chi connectivity index (χ0) is 14.6. The lowest BCUT2D eigenvalue weighted by atomic mass is 9.97. The second kappa shape index (κ2) is 4.84. The summed E-state index contributed by atoms with van der Waals surface area (Å²) in [6, 6.07) is 0. The Morgan fingerprint density at radius 2 is 2.10 bits per heavy atom. The highest BCUT2D eigenvalue weighted by molar-refractivity contribution is 7.99. The number of rotatable bonds is 2. The van der Waals surface area contributed by atoms with Gasteiger partial charge in [0, 0.05) is 11.9 Å². The SMILES string of the molecule is CCSc1nnc2n(C)c(=O)c3c4c(sc3n12)CCCC4. The Kier molecular flexibility index (Phi) is 3.08. The van der Waals surface area contributed by atoms with Gasteiger partial charge in [0.05, 0.1) is 5.39 Å². The number of aryl methyl sites for hydroxylation is 3. The second-order valence-corrected chi connectivity index (χ2v) is 7.62. The summed E-state index contributed by atoms with van der Waals surface area (Å²) in [5.41, 5.74) is 1.34. The van der Waals surface area contributed by atoms with Crippen molar-refractivity contribution in [3.05, 3.63) is 20.8 Å². The molecule has 5 nitrogen and oxygen atoms in total. The number of thioether (sulfide) groups is 1.